The van der Waals surface area contributed by atoms with Gasteiger partial charge in [-0.1, -0.05) is 18.2 Å². The Morgan fingerprint density at radius 1 is 1.36 bits per heavy atom. The molecule has 0 fully saturated rings. The van der Waals surface area contributed by atoms with Gasteiger partial charge in [-0.25, -0.2) is 4.79 Å². The molecule has 1 atom stereocenters. The Morgan fingerprint density at radius 2 is 2.14 bits per heavy atom. The molecule has 22 heavy (non-hydrogen) atoms. The minimum absolute atomic E-state index is 0.207. The van der Waals surface area contributed by atoms with Crippen molar-refractivity contribution in [3.05, 3.63) is 36.0 Å². The summed E-state index contributed by atoms with van der Waals surface area (Å²) in [6.07, 6.45) is 5.17. The third-order valence-corrected chi connectivity index (χ3v) is 4.18. The zero-order valence-electron chi connectivity index (χ0n) is 12.5. The van der Waals surface area contributed by atoms with Gasteiger partial charge in [0.25, 0.3) is 0 Å². The Balaban J connectivity index is 2.03. The lowest BCUT2D eigenvalue weighted by Gasteiger charge is -2.14. The molecular formula is C16H20N2O3S. The highest BCUT2D eigenvalue weighted by molar-refractivity contribution is 7.98. The van der Waals surface area contributed by atoms with Gasteiger partial charge in [-0.05, 0) is 30.1 Å². The first-order valence-electron chi connectivity index (χ1n) is 7.18. The number of aromatic nitrogens is 1. The summed E-state index contributed by atoms with van der Waals surface area (Å²) < 4.78 is 0. The van der Waals surface area contributed by atoms with E-state index in [0.717, 1.165) is 28.6 Å². The maximum atomic E-state index is 11.8. The standard InChI is InChI=1S/C16H20N2O3S/c1-22-8-4-7-15(19)18-14(16(20)21)9-11-10-17-13-6-3-2-5-12(11)13/h2-3,5-6,10,14,17H,4,7-9H2,1H3,(H,18,19)(H,20,21). The fourth-order valence-corrected chi connectivity index (χ4v) is 2.80. The second kappa shape index (κ2) is 7.89. The van der Waals surface area contributed by atoms with E-state index in [1.807, 2.05) is 30.5 Å². The van der Waals surface area contributed by atoms with Crippen molar-refractivity contribution in [2.24, 2.45) is 0 Å². The van der Waals surface area contributed by atoms with Crippen LogP contribution in [0.15, 0.2) is 30.5 Å². The number of aliphatic carboxylic acids is 1. The Hall–Kier alpha value is -1.95. The summed E-state index contributed by atoms with van der Waals surface area (Å²) in [5.74, 6) is -0.321. The number of carboxylic acids is 1. The molecule has 0 aliphatic rings. The van der Waals surface area contributed by atoms with Crippen molar-refractivity contribution in [2.45, 2.75) is 25.3 Å². The molecule has 1 amide bonds. The number of hydrogen-bond donors (Lipinski definition) is 3. The SMILES string of the molecule is CSCCCC(=O)NC(Cc1c[nH]c2ccccc12)C(=O)O. The molecule has 0 aliphatic carbocycles. The van der Waals surface area contributed by atoms with Gasteiger partial charge in [0.2, 0.25) is 5.91 Å². The summed E-state index contributed by atoms with van der Waals surface area (Å²) >= 11 is 1.67. The molecule has 3 N–H and O–H groups in total. The summed E-state index contributed by atoms with van der Waals surface area (Å²) in [6.45, 7) is 0. The number of hydrogen-bond acceptors (Lipinski definition) is 3. The van der Waals surface area contributed by atoms with Crippen LogP contribution in [0.2, 0.25) is 0 Å². The first-order valence-corrected chi connectivity index (χ1v) is 8.57. The quantitative estimate of drug-likeness (QED) is 0.652. The van der Waals surface area contributed by atoms with E-state index in [1.54, 1.807) is 18.0 Å². The fourth-order valence-electron chi connectivity index (χ4n) is 2.36. The highest BCUT2D eigenvalue weighted by Gasteiger charge is 2.21. The Kier molecular flexibility index (Phi) is 5.89. The Morgan fingerprint density at radius 3 is 2.86 bits per heavy atom. The van der Waals surface area contributed by atoms with Crippen LogP contribution < -0.4 is 5.32 Å². The molecule has 1 aromatic carbocycles. The molecule has 5 nitrogen and oxygen atoms in total. The van der Waals surface area contributed by atoms with E-state index in [4.69, 9.17) is 0 Å². The molecule has 0 saturated heterocycles. The van der Waals surface area contributed by atoms with Gasteiger partial charge in [0, 0.05) is 29.9 Å². The molecular weight excluding hydrogens is 300 g/mol. The summed E-state index contributed by atoms with van der Waals surface area (Å²) in [6, 6.07) is 6.82. The lowest BCUT2D eigenvalue weighted by Crippen LogP contribution is -2.42. The van der Waals surface area contributed by atoms with Crippen LogP contribution in [-0.2, 0) is 16.0 Å². The van der Waals surface area contributed by atoms with Crippen LogP contribution in [0.5, 0.6) is 0 Å². The van der Waals surface area contributed by atoms with Crippen molar-refractivity contribution in [1.82, 2.24) is 10.3 Å². The average molecular weight is 320 g/mol. The number of H-pyrrole nitrogens is 1. The van der Waals surface area contributed by atoms with Crippen LogP contribution in [0.4, 0.5) is 0 Å². The number of fused-ring (bicyclic) bond motifs is 1. The van der Waals surface area contributed by atoms with Crippen molar-refractivity contribution in [2.75, 3.05) is 12.0 Å². The molecule has 118 valence electrons. The van der Waals surface area contributed by atoms with Gasteiger partial charge >= 0.3 is 5.97 Å². The monoisotopic (exact) mass is 320 g/mol. The summed E-state index contributed by atoms with van der Waals surface area (Å²) in [4.78, 5) is 26.4. The van der Waals surface area contributed by atoms with Gasteiger partial charge in [0.05, 0.1) is 0 Å². The minimum Gasteiger partial charge on any atom is -0.480 e. The smallest absolute Gasteiger partial charge is 0.326 e. The van der Waals surface area contributed by atoms with Gasteiger partial charge in [0.15, 0.2) is 0 Å². The van der Waals surface area contributed by atoms with Crippen molar-refractivity contribution in [3.63, 3.8) is 0 Å². The van der Waals surface area contributed by atoms with Crippen LogP contribution in [0.25, 0.3) is 10.9 Å². The molecule has 1 heterocycles. The van der Waals surface area contributed by atoms with E-state index in [-0.39, 0.29) is 12.3 Å². The first kappa shape index (κ1) is 16.4. The fraction of sp³-hybridized carbons (Fsp3) is 0.375. The van der Waals surface area contributed by atoms with Gasteiger partial charge < -0.3 is 15.4 Å². The molecule has 0 bridgehead atoms. The van der Waals surface area contributed by atoms with Crippen molar-refractivity contribution in [1.29, 1.82) is 0 Å². The van der Waals surface area contributed by atoms with Crippen LogP contribution >= 0.6 is 11.8 Å². The molecule has 1 unspecified atom stereocenters. The van der Waals surface area contributed by atoms with Crippen LogP contribution in [0, 0.1) is 0 Å². The largest absolute Gasteiger partial charge is 0.480 e. The number of carbonyl (C=O) groups excluding carboxylic acids is 1. The van der Waals surface area contributed by atoms with Crippen molar-refractivity contribution in [3.8, 4) is 0 Å². The van der Waals surface area contributed by atoms with Gasteiger partial charge in [0.1, 0.15) is 6.04 Å². The summed E-state index contributed by atoms with van der Waals surface area (Å²) in [7, 11) is 0. The number of thioether (sulfide) groups is 1. The topological polar surface area (TPSA) is 82.2 Å². The van der Waals surface area contributed by atoms with Crippen molar-refractivity contribution < 1.29 is 14.7 Å². The molecule has 0 aliphatic heterocycles. The molecule has 2 rings (SSSR count). The van der Waals surface area contributed by atoms with Gasteiger partial charge in [-0.2, -0.15) is 11.8 Å². The van der Waals surface area contributed by atoms with Crippen LogP contribution in [0.3, 0.4) is 0 Å². The van der Waals surface area contributed by atoms with E-state index in [2.05, 4.69) is 10.3 Å². The summed E-state index contributed by atoms with van der Waals surface area (Å²) in [5, 5.41) is 12.9. The highest BCUT2D eigenvalue weighted by Crippen LogP contribution is 2.19. The zero-order valence-corrected chi connectivity index (χ0v) is 13.3. The lowest BCUT2D eigenvalue weighted by atomic mass is 10.0. The van der Waals surface area contributed by atoms with Crippen LogP contribution in [0.1, 0.15) is 18.4 Å². The molecule has 1 aromatic heterocycles. The number of nitrogens with one attached hydrogen (secondary N) is 2. The number of rotatable bonds is 8. The van der Waals surface area contributed by atoms with E-state index in [0.29, 0.717) is 6.42 Å². The Labute approximate surface area is 133 Å². The van der Waals surface area contributed by atoms with E-state index in [9.17, 15) is 14.7 Å². The second-order valence-corrected chi connectivity index (χ2v) is 6.10. The van der Waals surface area contributed by atoms with E-state index in [1.165, 1.54) is 0 Å². The number of para-hydroxylation sites is 1. The summed E-state index contributed by atoms with van der Waals surface area (Å²) in [5.41, 5.74) is 1.86. The number of aromatic amines is 1. The number of carboxylic acid groups (broad SMARTS) is 1. The predicted molar refractivity (Wildman–Crippen MR) is 89.2 cm³/mol. The molecule has 6 heteroatoms. The van der Waals surface area contributed by atoms with E-state index < -0.39 is 12.0 Å². The third-order valence-electron chi connectivity index (χ3n) is 3.48. The third kappa shape index (κ3) is 4.27. The number of benzene rings is 1. The van der Waals surface area contributed by atoms with Crippen molar-refractivity contribution >= 4 is 34.5 Å². The second-order valence-electron chi connectivity index (χ2n) is 5.12. The number of amides is 1. The average Bonchev–Trinajstić information content (AvgIpc) is 2.90. The number of carbonyl (C=O) groups is 2. The minimum atomic E-state index is -1.01. The maximum absolute atomic E-state index is 11.8. The lowest BCUT2D eigenvalue weighted by molar-refractivity contribution is -0.141. The highest BCUT2D eigenvalue weighted by atomic mass is 32.2. The predicted octanol–water partition coefficient (Wildman–Crippen LogP) is 2.42. The zero-order chi connectivity index (χ0) is 15.9. The Bertz CT molecular complexity index is 654. The molecule has 2 aromatic rings. The molecule has 0 saturated carbocycles. The van der Waals surface area contributed by atoms with E-state index >= 15 is 0 Å². The van der Waals surface area contributed by atoms with Crippen LogP contribution in [-0.4, -0.2) is 40.0 Å². The van der Waals surface area contributed by atoms with Gasteiger partial charge in [-0.15, -0.1) is 0 Å². The normalized spacial score (nSPS) is 12.2. The van der Waals surface area contributed by atoms with Gasteiger partial charge in [-0.3, -0.25) is 4.79 Å². The first-order chi connectivity index (χ1) is 10.6. The molecule has 0 radical (unpaired) electrons. The molecule has 0 spiro atoms. The maximum Gasteiger partial charge on any atom is 0.326 e.